The number of hydrogen-bond acceptors (Lipinski definition) is 4. The molecule has 1 saturated heterocycles. The zero-order valence-electron chi connectivity index (χ0n) is 18.3. The predicted octanol–water partition coefficient (Wildman–Crippen LogP) is 5.21. The van der Waals surface area contributed by atoms with Gasteiger partial charge in [-0.25, -0.2) is 4.99 Å². The molecule has 3 aromatic carbocycles. The lowest BCUT2D eigenvalue weighted by Crippen LogP contribution is -2.51. The summed E-state index contributed by atoms with van der Waals surface area (Å²) in [7, 11) is 0. The number of carbonyl (C=O) groups is 1. The maximum atomic E-state index is 13.3. The first-order valence-electron chi connectivity index (χ1n) is 11.3. The van der Waals surface area contributed by atoms with Gasteiger partial charge in [-0.1, -0.05) is 61.5 Å². The minimum absolute atomic E-state index is 0.0843. The Hall–Kier alpha value is -3.60. The fourth-order valence-corrected chi connectivity index (χ4v) is 4.51. The molecule has 2 aliphatic rings. The molecule has 2 heterocycles. The summed E-state index contributed by atoms with van der Waals surface area (Å²) in [4.78, 5) is 22.6. The zero-order chi connectivity index (χ0) is 21.9. The van der Waals surface area contributed by atoms with Crippen molar-refractivity contribution in [1.29, 1.82) is 0 Å². The van der Waals surface area contributed by atoms with Crippen LogP contribution in [-0.2, 0) is 4.79 Å². The zero-order valence-corrected chi connectivity index (χ0v) is 18.3. The molecule has 32 heavy (non-hydrogen) atoms. The molecule has 162 valence electrons. The number of carbonyl (C=O) groups excluding carboxylic acids is 1. The Balaban J connectivity index is 1.37. The van der Waals surface area contributed by atoms with E-state index in [1.807, 2.05) is 65.6 Å². The highest BCUT2D eigenvalue weighted by atomic mass is 16.5. The van der Waals surface area contributed by atoms with Gasteiger partial charge >= 0.3 is 0 Å². The van der Waals surface area contributed by atoms with Gasteiger partial charge in [0.2, 0.25) is 5.91 Å². The lowest BCUT2D eigenvalue weighted by molar-refractivity contribution is -0.134. The molecule has 2 aliphatic heterocycles. The Labute approximate surface area is 189 Å². The predicted molar refractivity (Wildman–Crippen MR) is 127 cm³/mol. The van der Waals surface area contributed by atoms with E-state index in [1.54, 1.807) is 0 Å². The molecule has 0 unspecified atom stereocenters. The summed E-state index contributed by atoms with van der Waals surface area (Å²) in [6, 6.07) is 26.0. The van der Waals surface area contributed by atoms with E-state index in [-0.39, 0.29) is 11.8 Å². The van der Waals surface area contributed by atoms with Crippen molar-refractivity contribution in [3.8, 4) is 11.5 Å². The molecular formula is C27H27N3O2. The smallest absolute Gasteiger partial charge is 0.230 e. The molecular weight excluding hydrogens is 398 g/mol. The van der Waals surface area contributed by atoms with Crippen LogP contribution in [0.15, 0.2) is 83.9 Å². The Kier molecular flexibility index (Phi) is 5.63. The van der Waals surface area contributed by atoms with Gasteiger partial charge in [-0.2, -0.15) is 0 Å². The first kappa shape index (κ1) is 20.3. The van der Waals surface area contributed by atoms with Crippen molar-refractivity contribution in [3.63, 3.8) is 0 Å². The van der Waals surface area contributed by atoms with Crippen molar-refractivity contribution in [2.75, 3.05) is 26.2 Å². The summed E-state index contributed by atoms with van der Waals surface area (Å²) in [5.74, 6) is 2.62. The molecule has 0 aliphatic carbocycles. The molecule has 5 nitrogen and oxygen atoms in total. The number of piperazine rings is 1. The van der Waals surface area contributed by atoms with E-state index >= 15 is 0 Å². The van der Waals surface area contributed by atoms with Gasteiger partial charge in [-0.15, -0.1) is 0 Å². The summed E-state index contributed by atoms with van der Waals surface area (Å²) < 4.78 is 6.17. The van der Waals surface area contributed by atoms with Crippen LogP contribution in [0.4, 0.5) is 5.69 Å². The molecule has 0 aromatic heterocycles. The van der Waals surface area contributed by atoms with E-state index in [9.17, 15) is 4.79 Å². The monoisotopic (exact) mass is 425 g/mol. The molecule has 3 aromatic rings. The van der Waals surface area contributed by atoms with Gasteiger partial charge in [-0.05, 0) is 36.2 Å². The number of amides is 1. The molecule has 0 N–H and O–H groups in total. The van der Waals surface area contributed by atoms with Crippen LogP contribution >= 0.6 is 0 Å². The van der Waals surface area contributed by atoms with E-state index in [0.29, 0.717) is 13.1 Å². The average molecular weight is 426 g/mol. The third-order valence-corrected chi connectivity index (χ3v) is 6.24. The Bertz CT molecular complexity index is 1130. The summed E-state index contributed by atoms with van der Waals surface area (Å²) in [5, 5.41) is 0. The van der Waals surface area contributed by atoms with Crippen LogP contribution < -0.4 is 4.74 Å². The number of nitrogens with zero attached hydrogens (tertiary/aromatic N) is 3. The van der Waals surface area contributed by atoms with Crippen molar-refractivity contribution in [1.82, 2.24) is 9.80 Å². The highest BCUT2D eigenvalue weighted by Gasteiger charge is 2.30. The van der Waals surface area contributed by atoms with Gasteiger partial charge in [0.05, 0.1) is 11.5 Å². The molecule has 0 bridgehead atoms. The van der Waals surface area contributed by atoms with Gasteiger partial charge in [-0.3, -0.25) is 4.79 Å². The number of amidine groups is 1. The molecule has 5 rings (SSSR count). The number of para-hydroxylation sites is 3. The molecule has 1 atom stereocenters. The third-order valence-electron chi connectivity index (χ3n) is 6.24. The van der Waals surface area contributed by atoms with Gasteiger partial charge in [0.25, 0.3) is 0 Å². The van der Waals surface area contributed by atoms with E-state index in [0.717, 1.165) is 53.7 Å². The van der Waals surface area contributed by atoms with E-state index < -0.39 is 0 Å². The molecule has 5 heteroatoms. The van der Waals surface area contributed by atoms with Gasteiger partial charge in [0, 0.05) is 26.2 Å². The van der Waals surface area contributed by atoms with Crippen LogP contribution in [-0.4, -0.2) is 47.7 Å². The van der Waals surface area contributed by atoms with Crippen LogP contribution in [0.3, 0.4) is 0 Å². The maximum Gasteiger partial charge on any atom is 0.230 e. The fourth-order valence-electron chi connectivity index (χ4n) is 4.51. The van der Waals surface area contributed by atoms with E-state index in [1.165, 1.54) is 0 Å². The van der Waals surface area contributed by atoms with Crippen LogP contribution in [0, 0.1) is 0 Å². The van der Waals surface area contributed by atoms with Crippen LogP contribution in [0.2, 0.25) is 0 Å². The first-order valence-corrected chi connectivity index (χ1v) is 11.3. The summed E-state index contributed by atoms with van der Waals surface area (Å²) >= 11 is 0. The summed E-state index contributed by atoms with van der Waals surface area (Å²) in [6.45, 7) is 4.94. The normalized spacial score (nSPS) is 16.2. The number of aliphatic imine (C=N–C) groups is 1. The topological polar surface area (TPSA) is 45.1 Å². The minimum Gasteiger partial charge on any atom is -0.454 e. The van der Waals surface area contributed by atoms with Crippen LogP contribution in [0.25, 0.3) is 0 Å². The molecule has 1 amide bonds. The van der Waals surface area contributed by atoms with Crippen molar-refractivity contribution >= 4 is 17.4 Å². The first-order chi connectivity index (χ1) is 15.7. The summed E-state index contributed by atoms with van der Waals surface area (Å²) in [6.07, 6.45) is 0.803. The van der Waals surface area contributed by atoms with Crippen molar-refractivity contribution < 1.29 is 9.53 Å². The molecule has 1 fully saturated rings. The number of rotatable bonds is 3. The van der Waals surface area contributed by atoms with Crippen LogP contribution in [0.5, 0.6) is 11.5 Å². The quantitative estimate of drug-likeness (QED) is 0.579. The molecule has 0 spiro atoms. The summed E-state index contributed by atoms with van der Waals surface area (Å²) in [5.41, 5.74) is 2.91. The van der Waals surface area contributed by atoms with Crippen molar-refractivity contribution in [3.05, 3.63) is 90.0 Å². The lowest BCUT2D eigenvalue weighted by atomic mass is 9.94. The largest absolute Gasteiger partial charge is 0.454 e. The van der Waals surface area contributed by atoms with Crippen molar-refractivity contribution in [2.24, 2.45) is 4.99 Å². The second kappa shape index (κ2) is 8.87. The second-order valence-corrected chi connectivity index (χ2v) is 8.19. The SMILES string of the molecule is CC[C@@H](C(=O)N1CCN(C2=Nc3ccccc3Oc3ccccc32)CC1)c1ccccc1. The Morgan fingerprint density at radius 2 is 1.53 bits per heavy atom. The van der Waals surface area contributed by atoms with Gasteiger partial charge in [0.1, 0.15) is 17.3 Å². The number of ether oxygens (including phenoxy) is 1. The Morgan fingerprint density at radius 3 is 2.28 bits per heavy atom. The third kappa shape index (κ3) is 3.86. The molecule has 0 radical (unpaired) electrons. The number of benzene rings is 3. The average Bonchev–Trinajstić information content (AvgIpc) is 3.02. The highest BCUT2D eigenvalue weighted by molar-refractivity contribution is 6.03. The maximum absolute atomic E-state index is 13.3. The Morgan fingerprint density at radius 1 is 0.875 bits per heavy atom. The van der Waals surface area contributed by atoms with Crippen LogP contribution in [0.1, 0.15) is 30.4 Å². The van der Waals surface area contributed by atoms with E-state index in [2.05, 4.69) is 30.0 Å². The minimum atomic E-state index is -0.0843. The van der Waals surface area contributed by atoms with E-state index in [4.69, 9.17) is 9.73 Å². The van der Waals surface area contributed by atoms with Gasteiger partial charge in [0.15, 0.2) is 5.75 Å². The molecule has 0 saturated carbocycles. The number of fused-ring (bicyclic) bond motifs is 2. The van der Waals surface area contributed by atoms with Gasteiger partial charge < -0.3 is 14.5 Å². The van der Waals surface area contributed by atoms with Crippen molar-refractivity contribution in [2.45, 2.75) is 19.3 Å². The highest BCUT2D eigenvalue weighted by Crippen LogP contribution is 2.38. The second-order valence-electron chi connectivity index (χ2n) is 8.19. The lowest BCUT2D eigenvalue weighted by Gasteiger charge is -2.38. The fraction of sp³-hybridized carbons (Fsp3) is 0.259. The standard InChI is InChI=1S/C27H27N3O2/c1-2-21(20-10-4-3-5-11-20)27(31)30-18-16-29(17-19-30)26-22-12-6-8-14-24(22)32-25-15-9-7-13-23(25)28-26/h3-15,21H,2,16-19H2,1H3/t21-/m1/s1. The number of hydrogen-bond donors (Lipinski definition) is 0.